The summed E-state index contributed by atoms with van der Waals surface area (Å²) in [6.07, 6.45) is 6.97. The number of ether oxygens (including phenoxy) is 1. The molecule has 1 aliphatic heterocycles. The van der Waals surface area contributed by atoms with Gasteiger partial charge in [0.15, 0.2) is 0 Å². The van der Waals surface area contributed by atoms with Crippen LogP contribution in [0, 0.1) is 0 Å². The average Bonchev–Trinajstić information content (AvgIpc) is 3.14. The summed E-state index contributed by atoms with van der Waals surface area (Å²) in [5, 5.41) is 3.45. The molecular weight excluding hydrogens is 242 g/mol. The fraction of sp³-hybridized carbons (Fsp3) is 0.786. The minimum atomic E-state index is 0.318. The molecule has 0 radical (unpaired) electrons. The van der Waals surface area contributed by atoms with Crippen LogP contribution < -0.4 is 10.2 Å². The van der Waals surface area contributed by atoms with Gasteiger partial charge in [-0.05, 0) is 32.6 Å². The van der Waals surface area contributed by atoms with Gasteiger partial charge in [-0.25, -0.2) is 0 Å². The molecule has 1 aromatic rings. The van der Waals surface area contributed by atoms with Gasteiger partial charge in [-0.15, -0.1) is 0 Å². The number of piperidine rings is 1. The minimum Gasteiger partial charge on any atom is -0.432 e. The first-order valence-corrected chi connectivity index (χ1v) is 7.39. The molecule has 1 N–H and O–H groups in total. The number of hydrogen-bond donors (Lipinski definition) is 1. The Morgan fingerprint density at radius 2 is 2.37 bits per heavy atom. The van der Waals surface area contributed by atoms with E-state index in [0.717, 1.165) is 50.8 Å². The molecule has 2 heterocycles. The summed E-state index contributed by atoms with van der Waals surface area (Å²) < 4.78 is 11.3. The molecule has 5 nitrogen and oxygen atoms in total. The van der Waals surface area contributed by atoms with Crippen LogP contribution in [0.3, 0.4) is 0 Å². The molecule has 19 heavy (non-hydrogen) atoms. The number of nitrogens with zero attached hydrogens (tertiary/aromatic N) is 2. The molecule has 0 bridgehead atoms. The zero-order chi connectivity index (χ0) is 13.1. The van der Waals surface area contributed by atoms with Crippen molar-refractivity contribution in [3.05, 3.63) is 12.0 Å². The summed E-state index contributed by atoms with van der Waals surface area (Å²) in [5.41, 5.74) is 1.00. The van der Waals surface area contributed by atoms with Gasteiger partial charge in [0.1, 0.15) is 6.26 Å². The van der Waals surface area contributed by atoms with E-state index in [1.54, 1.807) is 6.26 Å². The fourth-order valence-corrected chi connectivity index (χ4v) is 2.54. The number of anilines is 1. The molecule has 5 heteroatoms. The van der Waals surface area contributed by atoms with Crippen LogP contribution in [-0.4, -0.2) is 36.8 Å². The maximum Gasteiger partial charge on any atom is 0.297 e. The third kappa shape index (κ3) is 3.48. The Hall–Kier alpha value is -1.07. The Kier molecular flexibility index (Phi) is 4.03. The van der Waals surface area contributed by atoms with Crippen LogP contribution in [0.15, 0.2) is 10.7 Å². The Morgan fingerprint density at radius 1 is 1.47 bits per heavy atom. The van der Waals surface area contributed by atoms with E-state index in [-0.39, 0.29) is 0 Å². The molecule has 2 fully saturated rings. The predicted molar refractivity (Wildman–Crippen MR) is 73.2 cm³/mol. The second kappa shape index (κ2) is 5.92. The molecule has 0 aromatic carbocycles. The Morgan fingerprint density at radius 3 is 3.16 bits per heavy atom. The highest BCUT2D eigenvalue weighted by Gasteiger charge is 2.24. The number of aromatic nitrogens is 1. The summed E-state index contributed by atoms with van der Waals surface area (Å²) >= 11 is 0. The molecule has 1 unspecified atom stereocenters. The fourth-order valence-electron chi connectivity index (χ4n) is 2.54. The molecule has 0 spiro atoms. The van der Waals surface area contributed by atoms with Gasteiger partial charge in [0, 0.05) is 32.3 Å². The van der Waals surface area contributed by atoms with Crippen molar-refractivity contribution >= 4 is 6.01 Å². The topological polar surface area (TPSA) is 50.5 Å². The zero-order valence-corrected chi connectivity index (χ0v) is 11.6. The van der Waals surface area contributed by atoms with Gasteiger partial charge in [-0.3, -0.25) is 0 Å². The van der Waals surface area contributed by atoms with Crippen molar-refractivity contribution in [1.82, 2.24) is 10.3 Å². The van der Waals surface area contributed by atoms with Crippen molar-refractivity contribution in [2.24, 2.45) is 0 Å². The Balaban J connectivity index is 1.54. The monoisotopic (exact) mass is 265 g/mol. The molecule has 1 atom stereocenters. The number of nitrogens with one attached hydrogen (secondary N) is 1. The normalized spacial score (nSPS) is 23.8. The number of hydrogen-bond acceptors (Lipinski definition) is 5. The number of rotatable bonds is 6. The molecule has 2 aliphatic rings. The van der Waals surface area contributed by atoms with Crippen molar-refractivity contribution in [3.8, 4) is 0 Å². The van der Waals surface area contributed by atoms with Gasteiger partial charge in [0.25, 0.3) is 6.01 Å². The van der Waals surface area contributed by atoms with Crippen LogP contribution in [0.5, 0.6) is 0 Å². The minimum absolute atomic E-state index is 0.318. The highest BCUT2D eigenvalue weighted by molar-refractivity contribution is 5.28. The lowest BCUT2D eigenvalue weighted by Crippen LogP contribution is -2.39. The van der Waals surface area contributed by atoms with E-state index < -0.39 is 0 Å². The van der Waals surface area contributed by atoms with Crippen molar-refractivity contribution in [2.75, 3.05) is 24.6 Å². The van der Waals surface area contributed by atoms with Gasteiger partial charge in [0.2, 0.25) is 0 Å². The van der Waals surface area contributed by atoms with Crippen LogP contribution in [-0.2, 0) is 11.3 Å². The lowest BCUT2D eigenvalue weighted by atomic mass is 10.1. The highest BCUT2D eigenvalue weighted by atomic mass is 16.5. The van der Waals surface area contributed by atoms with E-state index in [0.29, 0.717) is 12.1 Å². The van der Waals surface area contributed by atoms with Gasteiger partial charge in [-0.2, -0.15) is 4.98 Å². The first-order valence-electron chi connectivity index (χ1n) is 7.39. The van der Waals surface area contributed by atoms with Crippen molar-refractivity contribution < 1.29 is 9.15 Å². The lowest BCUT2D eigenvalue weighted by molar-refractivity contribution is 0.0516. The second-order valence-corrected chi connectivity index (χ2v) is 5.44. The zero-order valence-electron chi connectivity index (χ0n) is 11.6. The van der Waals surface area contributed by atoms with Crippen molar-refractivity contribution in [1.29, 1.82) is 0 Å². The first-order chi connectivity index (χ1) is 9.35. The van der Waals surface area contributed by atoms with Crippen LogP contribution in [0.2, 0.25) is 0 Å². The summed E-state index contributed by atoms with van der Waals surface area (Å²) in [6.45, 7) is 5.55. The van der Waals surface area contributed by atoms with Gasteiger partial charge in [-0.1, -0.05) is 0 Å². The van der Waals surface area contributed by atoms with Gasteiger partial charge in [0.05, 0.1) is 11.8 Å². The Bertz CT molecular complexity index is 401. The first kappa shape index (κ1) is 12.9. The van der Waals surface area contributed by atoms with E-state index >= 15 is 0 Å². The summed E-state index contributed by atoms with van der Waals surface area (Å²) in [6, 6.07) is 1.45. The van der Waals surface area contributed by atoms with Crippen LogP contribution in [0.4, 0.5) is 6.01 Å². The smallest absolute Gasteiger partial charge is 0.297 e. The second-order valence-electron chi connectivity index (χ2n) is 5.44. The third-order valence-electron chi connectivity index (χ3n) is 3.74. The molecular formula is C14H23N3O2. The van der Waals surface area contributed by atoms with Gasteiger partial charge >= 0.3 is 0 Å². The summed E-state index contributed by atoms with van der Waals surface area (Å²) in [4.78, 5) is 6.77. The summed E-state index contributed by atoms with van der Waals surface area (Å²) in [5.74, 6) is 0. The largest absolute Gasteiger partial charge is 0.432 e. The van der Waals surface area contributed by atoms with Crippen LogP contribution >= 0.6 is 0 Å². The molecule has 1 aromatic heterocycles. The van der Waals surface area contributed by atoms with E-state index in [2.05, 4.69) is 15.2 Å². The van der Waals surface area contributed by atoms with Crippen LogP contribution in [0.1, 0.15) is 38.3 Å². The highest BCUT2D eigenvalue weighted by Crippen LogP contribution is 2.22. The molecule has 0 amide bonds. The molecule has 1 saturated heterocycles. The SMILES string of the molecule is CCOC1CCCN(c2nc(CNC3CC3)co2)C1. The predicted octanol–water partition coefficient (Wildman–Crippen LogP) is 1.93. The maximum absolute atomic E-state index is 5.71. The number of oxazole rings is 1. The quantitative estimate of drug-likeness (QED) is 0.851. The molecule has 1 aliphatic carbocycles. The van der Waals surface area contributed by atoms with E-state index in [9.17, 15) is 0 Å². The van der Waals surface area contributed by atoms with Gasteiger partial charge < -0.3 is 19.4 Å². The lowest BCUT2D eigenvalue weighted by Gasteiger charge is -2.31. The standard InChI is InChI=1S/C14H23N3O2/c1-2-18-13-4-3-7-17(9-13)14-16-12(10-19-14)8-15-11-5-6-11/h10-11,13,15H,2-9H2,1H3. The van der Waals surface area contributed by atoms with E-state index in [1.807, 2.05) is 6.92 Å². The molecule has 3 rings (SSSR count). The van der Waals surface area contributed by atoms with E-state index in [1.165, 1.54) is 12.8 Å². The molecule has 1 saturated carbocycles. The maximum atomic E-state index is 5.71. The third-order valence-corrected chi connectivity index (χ3v) is 3.74. The van der Waals surface area contributed by atoms with Crippen molar-refractivity contribution in [3.63, 3.8) is 0 Å². The molecule has 106 valence electrons. The Labute approximate surface area is 114 Å². The van der Waals surface area contributed by atoms with Crippen molar-refractivity contribution in [2.45, 2.75) is 51.3 Å². The summed E-state index contributed by atoms with van der Waals surface area (Å²) in [7, 11) is 0. The average molecular weight is 265 g/mol. The van der Waals surface area contributed by atoms with E-state index in [4.69, 9.17) is 9.15 Å². The van der Waals surface area contributed by atoms with Crippen LogP contribution in [0.25, 0.3) is 0 Å².